The van der Waals surface area contributed by atoms with Crippen LogP contribution >= 0.6 is 0 Å². The summed E-state index contributed by atoms with van der Waals surface area (Å²) in [5, 5.41) is 25.0. The third kappa shape index (κ3) is 6.16. The zero-order chi connectivity index (χ0) is 22.4. The predicted octanol–water partition coefficient (Wildman–Crippen LogP) is -0.664. The van der Waals surface area contributed by atoms with Crippen LogP contribution in [0.5, 0.6) is 0 Å². The molecular weight excluding hydrogens is 404 g/mol. The van der Waals surface area contributed by atoms with Crippen molar-refractivity contribution >= 4 is 23.5 Å². The summed E-state index contributed by atoms with van der Waals surface area (Å²) in [5.74, 6) is -2.38. The average molecular weight is 434 g/mol. The molecule has 2 aliphatic heterocycles. The summed E-state index contributed by atoms with van der Waals surface area (Å²) >= 11 is 0. The maximum absolute atomic E-state index is 12.5. The van der Waals surface area contributed by atoms with E-state index in [0.717, 1.165) is 25.2 Å². The number of amides is 2. The lowest BCUT2D eigenvalue weighted by molar-refractivity contribution is -0.145. The van der Waals surface area contributed by atoms with Crippen LogP contribution in [0.2, 0.25) is 0 Å². The van der Waals surface area contributed by atoms with Gasteiger partial charge in [-0.05, 0) is 31.0 Å². The lowest BCUT2D eigenvalue weighted by atomic mass is 10.0. The van der Waals surface area contributed by atoms with Gasteiger partial charge >= 0.3 is 5.97 Å². The van der Waals surface area contributed by atoms with Crippen LogP contribution in [0.1, 0.15) is 25.0 Å². The number of nitrogens with zero attached hydrogens (tertiary/aromatic N) is 2. The van der Waals surface area contributed by atoms with Crippen LogP contribution in [0.4, 0.5) is 5.69 Å². The van der Waals surface area contributed by atoms with E-state index in [4.69, 9.17) is 4.74 Å². The Morgan fingerprint density at radius 3 is 2.26 bits per heavy atom. The first-order valence-corrected chi connectivity index (χ1v) is 10.5. The van der Waals surface area contributed by atoms with Crippen LogP contribution in [-0.4, -0.2) is 90.9 Å². The predicted molar refractivity (Wildman–Crippen MR) is 113 cm³/mol. The number of carbonyl (C=O) groups excluding carboxylic acids is 2. The molecule has 2 amide bonds. The van der Waals surface area contributed by atoms with Crippen LogP contribution in [0.3, 0.4) is 0 Å². The Labute approximate surface area is 181 Å². The largest absolute Gasteiger partial charge is 0.480 e. The molecule has 0 aliphatic carbocycles. The monoisotopic (exact) mass is 434 g/mol. The van der Waals surface area contributed by atoms with E-state index in [1.54, 1.807) is 12.1 Å². The zero-order valence-electron chi connectivity index (χ0n) is 17.6. The number of nitrogens with one attached hydrogen (secondary N) is 2. The van der Waals surface area contributed by atoms with E-state index in [2.05, 4.69) is 15.5 Å². The molecule has 0 bridgehead atoms. The molecule has 170 valence electrons. The summed E-state index contributed by atoms with van der Waals surface area (Å²) in [6.45, 7) is 5.95. The Morgan fingerprint density at radius 2 is 1.71 bits per heavy atom. The first-order valence-electron chi connectivity index (χ1n) is 10.5. The van der Waals surface area contributed by atoms with Gasteiger partial charge in [0.1, 0.15) is 12.1 Å². The fraction of sp³-hybridized carbons (Fsp3) is 0.571. The van der Waals surface area contributed by atoms with E-state index in [1.165, 1.54) is 6.92 Å². The number of morpholine rings is 1. The van der Waals surface area contributed by atoms with Gasteiger partial charge in [0.25, 0.3) is 0 Å². The molecule has 31 heavy (non-hydrogen) atoms. The molecule has 3 atom stereocenters. The number of anilines is 1. The van der Waals surface area contributed by atoms with Gasteiger partial charge in [0.05, 0.1) is 19.8 Å². The molecule has 2 saturated heterocycles. The van der Waals surface area contributed by atoms with Crippen LogP contribution in [0.15, 0.2) is 24.3 Å². The highest BCUT2D eigenvalue weighted by molar-refractivity contribution is 5.90. The van der Waals surface area contributed by atoms with Gasteiger partial charge in [0.15, 0.2) is 6.04 Å². The maximum atomic E-state index is 12.5. The van der Waals surface area contributed by atoms with E-state index >= 15 is 0 Å². The van der Waals surface area contributed by atoms with Crippen molar-refractivity contribution in [1.82, 2.24) is 15.5 Å². The minimum atomic E-state index is -1.54. The standard InChI is InChI=1S/C21H30N4O6/c1-14(22-17(26)13-24-9-11-31-12-10-24)20(28)23-18(21(29)30)19(27)15-3-5-16(6-4-15)25-7-2-8-25/h3-6,14,18-19,27H,2,7-13H2,1H3,(H,22,26)(H,23,28)(H,29,30)/t14-,18-,19+/m0/s1. The Morgan fingerprint density at radius 1 is 1.06 bits per heavy atom. The number of benzene rings is 1. The summed E-state index contributed by atoms with van der Waals surface area (Å²) in [7, 11) is 0. The topological polar surface area (TPSA) is 131 Å². The smallest absolute Gasteiger partial charge is 0.329 e. The van der Waals surface area contributed by atoms with Gasteiger partial charge in [-0.15, -0.1) is 0 Å². The number of aliphatic hydroxyl groups excluding tert-OH is 1. The second kappa shape index (κ2) is 10.6. The van der Waals surface area contributed by atoms with Crippen LogP contribution in [-0.2, 0) is 19.1 Å². The van der Waals surface area contributed by atoms with Crippen molar-refractivity contribution in [3.05, 3.63) is 29.8 Å². The fourth-order valence-electron chi connectivity index (χ4n) is 3.52. The Balaban J connectivity index is 1.54. The van der Waals surface area contributed by atoms with Gasteiger partial charge in [-0.3, -0.25) is 14.5 Å². The molecule has 3 rings (SSSR count). The summed E-state index contributed by atoms with van der Waals surface area (Å²) in [6, 6.07) is 4.49. The van der Waals surface area contributed by atoms with Gasteiger partial charge in [0.2, 0.25) is 11.8 Å². The zero-order valence-corrected chi connectivity index (χ0v) is 17.6. The fourth-order valence-corrected chi connectivity index (χ4v) is 3.52. The molecule has 0 unspecified atom stereocenters. The third-order valence-electron chi connectivity index (χ3n) is 5.58. The highest BCUT2D eigenvalue weighted by Gasteiger charge is 2.31. The van der Waals surface area contributed by atoms with Gasteiger partial charge in [-0.1, -0.05) is 12.1 Å². The van der Waals surface area contributed by atoms with Gasteiger partial charge < -0.3 is 30.5 Å². The number of carboxylic acid groups (broad SMARTS) is 1. The maximum Gasteiger partial charge on any atom is 0.329 e. The lowest BCUT2D eigenvalue weighted by Crippen LogP contribution is -2.53. The molecule has 2 aliphatic rings. The van der Waals surface area contributed by atoms with E-state index in [0.29, 0.717) is 31.9 Å². The van der Waals surface area contributed by atoms with Gasteiger partial charge in [0, 0.05) is 31.9 Å². The minimum absolute atomic E-state index is 0.134. The van der Waals surface area contributed by atoms with Crippen molar-refractivity contribution in [2.45, 2.75) is 31.5 Å². The minimum Gasteiger partial charge on any atom is -0.480 e. The second-order valence-electron chi connectivity index (χ2n) is 7.88. The van der Waals surface area contributed by atoms with Crippen LogP contribution in [0.25, 0.3) is 0 Å². The molecule has 10 nitrogen and oxygen atoms in total. The first kappa shape index (κ1) is 23.0. The lowest BCUT2D eigenvalue weighted by Gasteiger charge is -2.33. The molecule has 1 aromatic carbocycles. The number of hydrogen-bond acceptors (Lipinski definition) is 7. The van der Waals surface area contributed by atoms with Crippen molar-refractivity contribution in [3.8, 4) is 0 Å². The number of aliphatic hydroxyl groups is 1. The number of carboxylic acids is 1. The molecule has 4 N–H and O–H groups in total. The number of aliphatic carboxylic acids is 1. The van der Waals surface area contributed by atoms with Gasteiger partial charge in [-0.2, -0.15) is 0 Å². The van der Waals surface area contributed by atoms with E-state index in [1.807, 2.05) is 17.0 Å². The molecule has 0 spiro atoms. The van der Waals surface area contributed by atoms with Crippen molar-refractivity contribution < 1.29 is 29.3 Å². The molecule has 1 aromatic rings. The molecule has 2 fully saturated rings. The Hall–Kier alpha value is -2.69. The van der Waals surface area contributed by atoms with Gasteiger partial charge in [-0.25, -0.2) is 4.79 Å². The normalized spacial score (nSPS) is 19.6. The second-order valence-corrected chi connectivity index (χ2v) is 7.88. The van der Waals surface area contributed by atoms with Crippen molar-refractivity contribution in [2.24, 2.45) is 0 Å². The van der Waals surface area contributed by atoms with E-state index in [9.17, 15) is 24.6 Å². The Kier molecular flexibility index (Phi) is 7.83. The Bertz CT molecular complexity index is 777. The SMILES string of the molecule is C[C@H](NC(=O)CN1CCOCC1)C(=O)N[C@H](C(=O)O)[C@H](O)c1ccc(N2CCC2)cc1. The average Bonchev–Trinajstić information content (AvgIpc) is 2.71. The number of hydrogen-bond donors (Lipinski definition) is 4. The molecular formula is C21H30N4O6. The first-order chi connectivity index (χ1) is 14.8. The van der Waals surface area contributed by atoms with Crippen LogP contribution in [0, 0.1) is 0 Å². The molecule has 0 radical (unpaired) electrons. The summed E-state index contributed by atoms with van der Waals surface area (Å²) in [5.41, 5.74) is 1.40. The van der Waals surface area contributed by atoms with Crippen molar-refractivity contribution in [1.29, 1.82) is 0 Å². The molecule has 0 saturated carbocycles. The van der Waals surface area contributed by atoms with Crippen molar-refractivity contribution in [3.63, 3.8) is 0 Å². The quantitative estimate of drug-likeness (QED) is 0.403. The number of rotatable bonds is 9. The molecule has 10 heteroatoms. The summed E-state index contributed by atoms with van der Waals surface area (Å²) in [6.07, 6.45) is -0.290. The highest BCUT2D eigenvalue weighted by atomic mass is 16.5. The van der Waals surface area contributed by atoms with Crippen LogP contribution < -0.4 is 15.5 Å². The highest BCUT2D eigenvalue weighted by Crippen LogP contribution is 2.24. The molecule has 0 aromatic heterocycles. The van der Waals surface area contributed by atoms with Crippen molar-refractivity contribution in [2.75, 3.05) is 50.8 Å². The third-order valence-corrected chi connectivity index (χ3v) is 5.58. The van der Waals surface area contributed by atoms with E-state index in [-0.39, 0.29) is 12.5 Å². The number of carbonyl (C=O) groups is 3. The summed E-state index contributed by atoms with van der Waals surface area (Å²) < 4.78 is 5.23. The summed E-state index contributed by atoms with van der Waals surface area (Å²) in [4.78, 5) is 40.4. The molecule has 2 heterocycles. The van der Waals surface area contributed by atoms with E-state index < -0.39 is 30.1 Å². The number of ether oxygens (including phenoxy) is 1.